The number of hydrogen-bond acceptors (Lipinski definition) is 5. The Morgan fingerprint density at radius 3 is 1.80 bits per heavy atom. The van der Waals surface area contributed by atoms with E-state index in [1.807, 2.05) is 42.5 Å². The smallest absolute Gasteiger partial charge is 0.164 e. The maximum atomic E-state index is 6.92. The van der Waals surface area contributed by atoms with E-state index >= 15 is 0 Å². The summed E-state index contributed by atoms with van der Waals surface area (Å²) in [6, 6.07) is 63.2. The van der Waals surface area contributed by atoms with Crippen molar-refractivity contribution >= 4 is 87.2 Å². The zero-order valence-electron chi connectivity index (χ0n) is 31.4. The molecule has 59 heavy (non-hydrogen) atoms. The summed E-state index contributed by atoms with van der Waals surface area (Å²) in [7, 11) is 0. The Bertz CT molecular complexity index is 3870. The van der Waals surface area contributed by atoms with Crippen molar-refractivity contribution in [1.82, 2.24) is 19.5 Å². The number of para-hydroxylation sites is 3. The van der Waals surface area contributed by atoms with Crippen LogP contribution in [0.4, 0.5) is 0 Å². The van der Waals surface area contributed by atoms with Crippen molar-refractivity contribution < 1.29 is 8.83 Å². The summed E-state index contributed by atoms with van der Waals surface area (Å²) < 4.78 is 15.6. The third kappa shape index (κ3) is 4.71. The van der Waals surface area contributed by atoms with Crippen LogP contribution < -0.4 is 0 Å². The van der Waals surface area contributed by atoms with Gasteiger partial charge in [0, 0.05) is 49.0 Å². The van der Waals surface area contributed by atoms with Gasteiger partial charge in [-0.2, -0.15) is 0 Å². The largest absolute Gasteiger partial charge is 0.456 e. The number of aromatic nitrogens is 4. The lowest BCUT2D eigenvalue weighted by Crippen LogP contribution is -2.01. The van der Waals surface area contributed by atoms with Gasteiger partial charge in [0.2, 0.25) is 0 Å². The maximum Gasteiger partial charge on any atom is 0.164 e. The summed E-state index contributed by atoms with van der Waals surface area (Å²) >= 11 is 0. The van der Waals surface area contributed by atoms with Crippen LogP contribution in [0, 0.1) is 0 Å². The van der Waals surface area contributed by atoms with E-state index in [9.17, 15) is 0 Å². The van der Waals surface area contributed by atoms with Crippen LogP contribution in [0.2, 0.25) is 0 Å². The second-order valence-electron chi connectivity index (χ2n) is 15.1. The number of furan rings is 2. The van der Waals surface area contributed by atoms with Crippen LogP contribution in [-0.2, 0) is 0 Å². The fourth-order valence-corrected chi connectivity index (χ4v) is 9.21. The lowest BCUT2D eigenvalue weighted by molar-refractivity contribution is 0.666. The van der Waals surface area contributed by atoms with Crippen molar-refractivity contribution in [2.24, 2.45) is 0 Å². The Balaban J connectivity index is 1.12. The molecule has 0 aliphatic heterocycles. The van der Waals surface area contributed by atoms with E-state index in [-0.39, 0.29) is 0 Å². The fourth-order valence-electron chi connectivity index (χ4n) is 9.21. The Morgan fingerprint density at radius 2 is 0.966 bits per heavy atom. The van der Waals surface area contributed by atoms with Gasteiger partial charge in [-0.3, -0.25) is 0 Å². The monoisotopic (exact) mass is 754 g/mol. The van der Waals surface area contributed by atoms with Gasteiger partial charge in [0.05, 0.1) is 16.7 Å². The van der Waals surface area contributed by atoms with Gasteiger partial charge >= 0.3 is 0 Å². The average molecular weight is 755 g/mol. The van der Waals surface area contributed by atoms with Gasteiger partial charge in [-0.15, -0.1) is 0 Å². The quantitative estimate of drug-likeness (QED) is 0.179. The molecule has 0 N–H and O–H groups in total. The summed E-state index contributed by atoms with van der Waals surface area (Å²) in [5.41, 5.74) is 8.95. The molecule has 13 rings (SSSR count). The Labute approximate surface area is 336 Å². The van der Waals surface area contributed by atoms with Gasteiger partial charge < -0.3 is 13.4 Å². The molecule has 6 heteroatoms. The molecule has 6 nitrogen and oxygen atoms in total. The molecule has 4 heterocycles. The van der Waals surface area contributed by atoms with Crippen molar-refractivity contribution in [3.8, 4) is 39.9 Å². The molecular formula is C53H30N4O2. The number of rotatable bonds is 4. The number of nitrogens with zero attached hydrogens (tertiary/aromatic N) is 4. The minimum absolute atomic E-state index is 0.555. The third-order valence-electron chi connectivity index (χ3n) is 11.8. The second kappa shape index (κ2) is 12.2. The predicted molar refractivity (Wildman–Crippen MR) is 240 cm³/mol. The highest BCUT2D eigenvalue weighted by molar-refractivity contribution is 6.22. The molecular weight excluding hydrogens is 725 g/mol. The van der Waals surface area contributed by atoms with Gasteiger partial charge in [-0.05, 0) is 70.1 Å². The first-order valence-electron chi connectivity index (χ1n) is 19.8. The van der Waals surface area contributed by atoms with E-state index in [1.165, 1.54) is 21.5 Å². The topological polar surface area (TPSA) is 69.9 Å². The van der Waals surface area contributed by atoms with Crippen LogP contribution >= 0.6 is 0 Å². The summed E-state index contributed by atoms with van der Waals surface area (Å²) in [4.78, 5) is 15.9. The van der Waals surface area contributed by atoms with Crippen molar-refractivity contribution in [1.29, 1.82) is 0 Å². The van der Waals surface area contributed by atoms with Crippen LogP contribution in [0.25, 0.3) is 127 Å². The molecule has 0 saturated heterocycles. The zero-order valence-corrected chi connectivity index (χ0v) is 31.4. The van der Waals surface area contributed by atoms with Crippen molar-refractivity contribution in [2.45, 2.75) is 0 Å². The fraction of sp³-hybridized carbons (Fsp3) is 0. The third-order valence-corrected chi connectivity index (χ3v) is 11.8. The number of fused-ring (bicyclic) bond motifs is 12. The van der Waals surface area contributed by atoms with Crippen molar-refractivity contribution in [3.63, 3.8) is 0 Å². The molecule has 0 aliphatic carbocycles. The summed E-state index contributed by atoms with van der Waals surface area (Å²) in [5, 5.41) is 11.0. The van der Waals surface area contributed by atoms with Gasteiger partial charge in [0.15, 0.2) is 23.1 Å². The van der Waals surface area contributed by atoms with Crippen LogP contribution in [-0.4, -0.2) is 19.5 Å². The molecule has 13 aromatic rings. The van der Waals surface area contributed by atoms with E-state index in [0.717, 1.165) is 88.1 Å². The molecule has 0 unspecified atom stereocenters. The first kappa shape index (κ1) is 32.0. The standard InChI is InChI=1S/C53H30N4O2/c1-2-14-33-30-34(25-24-31(33)12-1)51-54-52(39-19-11-23-46-48(39)37-17-6-9-21-44(37)58-46)56-53(55-51)40-27-29-43(50-49(40)38-18-7-10-22-45(38)59-50)57-41-20-8-5-16-36(41)47-35-15-4-3-13-32(35)26-28-42(47)57/h1-30H. The molecule has 0 bridgehead atoms. The van der Waals surface area contributed by atoms with Gasteiger partial charge in [0.1, 0.15) is 16.7 Å². The lowest BCUT2D eigenvalue weighted by atomic mass is 10.0. The average Bonchev–Trinajstić information content (AvgIpc) is 3.99. The maximum absolute atomic E-state index is 6.92. The molecule has 0 radical (unpaired) electrons. The zero-order chi connectivity index (χ0) is 38.6. The summed E-state index contributed by atoms with van der Waals surface area (Å²) in [6.07, 6.45) is 0. The van der Waals surface area contributed by atoms with Gasteiger partial charge in [-0.1, -0.05) is 133 Å². The molecule has 0 amide bonds. The molecule has 4 aromatic heterocycles. The Morgan fingerprint density at radius 1 is 0.356 bits per heavy atom. The minimum Gasteiger partial charge on any atom is -0.456 e. The van der Waals surface area contributed by atoms with E-state index < -0.39 is 0 Å². The van der Waals surface area contributed by atoms with E-state index in [2.05, 4.69) is 144 Å². The summed E-state index contributed by atoms with van der Waals surface area (Å²) in [5.74, 6) is 1.70. The SMILES string of the molecule is c1ccc2cc(-c3nc(-c4cccc5oc6ccccc6c45)nc(-c4ccc(-n5c6ccccc6c6c7ccccc7ccc65)c5oc6ccccc6c45)n3)ccc2c1. The van der Waals surface area contributed by atoms with Crippen LogP contribution in [0.3, 0.4) is 0 Å². The molecule has 0 fully saturated rings. The Kier molecular flexibility index (Phi) is 6.63. The normalized spacial score (nSPS) is 12.1. The lowest BCUT2D eigenvalue weighted by Gasteiger charge is -2.13. The molecule has 0 aliphatic rings. The first-order chi connectivity index (χ1) is 29.2. The van der Waals surface area contributed by atoms with Crippen molar-refractivity contribution in [3.05, 3.63) is 182 Å². The molecule has 9 aromatic carbocycles. The number of benzene rings is 9. The Hall–Kier alpha value is -8.09. The second-order valence-corrected chi connectivity index (χ2v) is 15.1. The van der Waals surface area contributed by atoms with Crippen LogP contribution in [0.5, 0.6) is 0 Å². The van der Waals surface area contributed by atoms with Crippen LogP contribution in [0.15, 0.2) is 191 Å². The number of hydrogen-bond donors (Lipinski definition) is 0. The predicted octanol–water partition coefficient (Wildman–Crippen LogP) is 14.1. The highest BCUT2D eigenvalue weighted by Gasteiger charge is 2.24. The molecule has 0 saturated carbocycles. The van der Waals surface area contributed by atoms with Gasteiger partial charge in [-0.25, -0.2) is 15.0 Å². The molecule has 274 valence electrons. The molecule has 0 spiro atoms. The highest BCUT2D eigenvalue weighted by atomic mass is 16.3. The summed E-state index contributed by atoms with van der Waals surface area (Å²) in [6.45, 7) is 0. The van der Waals surface area contributed by atoms with Crippen molar-refractivity contribution in [2.75, 3.05) is 0 Å². The minimum atomic E-state index is 0.555. The van der Waals surface area contributed by atoms with Gasteiger partial charge in [0.25, 0.3) is 0 Å². The first-order valence-corrected chi connectivity index (χ1v) is 19.8. The highest BCUT2D eigenvalue weighted by Crippen LogP contribution is 2.44. The van der Waals surface area contributed by atoms with E-state index in [4.69, 9.17) is 23.8 Å². The van der Waals surface area contributed by atoms with E-state index in [0.29, 0.717) is 17.5 Å². The van der Waals surface area contributed by atoms with Crippen LogP contribution in [0.1, 0.15) is 0 Å². The molecule has 0 atom stereocenters. The van der Waals surface area contributed by atoms with E-state index in [1.54, 1.807) is 0 Å².